The van der Waals surface area contributed by atoms with Gasteiger partial charge in [0.2, 0.25) is 0 Å². The van der Waals surface area contributed by atoms with Crippen molar-refractivity contribution in [2.75, 3.05) is 6.54 Å². The van der Waals surface area contributed by atoms with E-state index in [1.165, 1.54) is 37.7 Å². The van der Waals surface area contributed by atoms with Gasteiger partial charge in [0.05, 0.1) is 0 Å². The minimum atomic E-state index is 0.503. The SMILES string of the molecule is CCCNC(CCC1CC1)c1ccc(C)nc1. The van der Waals surface area contributed by atoms with Gasteiger partial charge in [-0.05, 0) is 50.3 Å². The van der Waals surface area contributed by atoms with Crippen LogP contribution in [0.25, 0.3) is 0 Å². The Morgan fingerprint density at radius 1 is 1.41 bits per heavy atom. The fourth-order valence-corrected chi connectivity index (χ4v) is 2.20. The Kier molecular flexibility index (Phi) is 4.55. The molecule has 2 nitrogen and oxygen atoms in total. The molecular formula is C15H24N2. The predicted molar refractivity (Wildman–Crippen MR) is 72.0 cm³/mol. The standard InChI is InChI=1S/C15H24N2/c1-3-10-16-15(9-7-13-5-6-13)14-8-4-12(2)17-11-14/h4,8,11,13,15-16H,3,5-7,9-10H2,1-2H3. The second-order valence-corrected chi connectivity index (χ2v) is 5.26. The van der Waals surface area contributed by atoms with E-state index in [4.69, 9.17) is 0 Å². The third kappa shape index (κ3) is 4.12. The van der Waals surface area contributed by atoms with E-state index in [1.807, 2.05) is 13.1 Å². The Hall–Kier alpha value is -0.890. The van der Waals surface area contributed by atoms with E-state index in [9.17, 15) is 0 Å². The molecule has 0 amide bonds. The van der Waals surface area contributed by atoms with Gasteiger partial charge < -0.3 is 5.32 Å². The van der Waals surface area contributed by atoms with E-state index in [1.54, 1.807) is 0 Å². The molecule has 0 spiro atoms. The first-order valence-corrected chi connectivity index (χ1v) is 6.95. The summed E-state index contributed by atoms with van der Waals surface area (Å²) in [5.74, 6) is 1.01. The zero-order chi connectivity index (χ0) is 12.1. The molecule has 0 bridgehead atoms. The minimum absolute atomic E-state index is 0.503. The van der Waals surface area contributed by atoms with E-state index >= 15 is 0 Å². The van der Waals surface area contributed by atoms with Crippen LogP contribution in [0.2, 0.25) is 0 Å². The number of aryl methyl sites for hydroxylation is 1. The van der Waals surface area contributed by atoms with Crippen LogP contribution in [0.15, 0.2) is 18.3 Å². The van der Waals surface area contributed by atoms with E-state index in [0.717, 1.165) is 18.2 Å². The van der Waals surface area contributed by atoms with Crippen LogP contribution in [0.3, 0.4) is 0 Å². The highest BCUT2D eigenvalue weighted by Crippen LogP contribution is 2.35. The van der Waals surface area contributed by atoms with Gasteiger partial charge >= 0.3 is 0 Å². The number of rotatable bonds is 7. The molecule has 0 aromatic carbocycles. The predicted octanol–water partition coefficient (Wildman–Crippen LogP) is 3.62. The van der Waals surface area contributed by atoms with Crippen molar-refractivity contribution < 1.29 is 0 Å². The summed E-state index contributed by atoms with van der Waals surface area (Å²) in [6, 6.07) is 4.85. The lowest BCUT2D eigenvalue weighted by Gasteiger charge is -2.18. The van der Waals surface area contributed by atoms with Crippen molar-refractivity contribution in [3.05, 3.63) is 29.6 Å². The molecule has 2 heteroatoms. The molecule has 2 rings (SSSR count). The Bertz CT molecular complexity index is 327. The monoisotopic (exact) mass is 232 g/mol. The highest BCUT2D eigenvalue weighted by Gasteiger charge is 2.22. The van der Waals surface area contributed by atoms with Gasteiger partial charge in [-0.15, -0.1) is 0 Å². The van der Waals surface area contributed by atoms with Crippen LogP contribution in [-0.2, 0) is 0 Å². The molecule has 1 unspecified atom stereocenters. The second kappa shape index (κ2) is 6.15. The summed E-state index contributed by atoms with van der Waals surface area (Å²) in [7, 11) is 0. The number of pyridine rings is 1. The van der Waals surface area contributed by atoms with Crippen molar-refractivity contribution >= 4 is 0 Å². The summed E-state index contributed by atoms with van der Waals surface area (Å²) >= 11 is 0. The summed E-state index contributed by atoms with van der Waals surface area (Å²) in [6.45, 7) is 5.37. The van der Waals surface area contributed by atoms with Crippen molar-refractivity contribution in [2.24, 2.45) is 5.92 Å². The summed E-state index contributed by atoms with van der Waals surface area (Å²) in [5.41, 5.74) is 2.45. The average Bonchev–Trinajstić information content (AvgIpc) is 3.15. The number of nitrogens with zero attached hydrogens (tertiary/aromatic N) is 1. The van der Waals surface area contributed by atoms with E-state index in [2.05, 4.69) is 29.4 Å². The molecule has 94 valence electrons. The van der Waals surface area contributed by atoms with Crippen LogP contribution in [-0.4, -0.2) is 11.5 Å². The zero-order valence-electron chi connectivity index (χ0n) is 11.1. The number of hydrogen-bond donors (Lipinski definition) is 1. The van der Waals surface area contributed by atoms with Crippen LogP contribution in [0.5, 0.6) is 0 Å². The lowest BCUT2D eigenvalue weighted by molar-refractivity contribution is 0.469. The first-order valence-electron chi connectivity index (χ1n) is 6.95. The van der Waals surface area contributed by atoms with Crippen LogP contribution in [0.4, 0.5) is 0 Å². The number of nitrogens with one attached hydrogen (secondary N) is 1. The van der Waals surface area contributed by atoms with Gasteiger partial charge in [-0.1, -0.05) is 25.8 Å². The molecule has 1 heterocycles. The highest BCUT2D eigenvalue weighted by molar-refractivity contribution is 5.17. The Labute approximate surface area is 105 Å². The van der Waals surface area contributed by atoms with Crippen LogP contribution < -0.4 is 5.32 Å². The van der Waals surface area contributed by atoms with Crippen LogP contribution in [0, 0.1) is 12.8 Å². The molecule has 1 fully saturated rings. The molecule has 1 N–H and O–H groups in total. The quantitative estimate of drug-likeness (QED) is 0.776. The van der Waals surface area contributed by atoms with E-state index in [-0.39, 0.29) is 0 Å². The summed E-state index contributed by atoms with van der Waals surface area (Å²) in [5, 5.41) is 3.65. The highest BCUT2D eigenvalue weighted by atomic mass is 14.9. The molecule has 0 radical (unpaired) electrons. The lowest BCUT2D eigenvalue weighted by atomic mass is 10.0. The topological polar surface area (TPSA) is 24.9 Å². The summed E-state index contributed by atoms with van der Waals surface area (Å²) in [4.78, 5) is 4.41. The second-order valence-electron chi connectivity index (χ2n) is 5.26. The van der Waals surface area contributed by atoms with Gasteiger partial charge in [0.25, 0.3) is 0 Å². The third-order valence-corrected chi connectivity index (χ3v) is 3.54. The van der Waals surface area contributed by atoms with Gasteiger partial charge in [-0.2, -0.15) is 0 Å². The number of hydrogen-bond acceptors (Lipinski definition) is 2. The van der Waals surface area contributed by atoms with Crippen molar-refractivity contribution in [2.45, 2.75) is 52.0 Å². The third-order valence-electron chi connectivity index (χ3n) is 3.54. The fourth-order valence-electron chi connectivity index (χ4n) is 2.20. The normalized spacial score (nSPS) is 17.1. The van der Waals surface area contributed by atoms with Crippen molar-refractivity contribution in [3.8, 4) is 0 Å². The molecule has 1 aliphatic carbocycles. The van der Waals surface area contributed by atoms with Crippen LogP contribution in [0.1, 0.15) is 56.3 Å². The molecule has 0 aliphatic heterocycles. The van der Waals surface area contributed by atoms with Gasteiger partial charge in [-0.25, -0.2) is 0 Å². The van der Waals surface area contributed by atoms with E-state index in [0.29, 0.717) is 6.04 Å². The van der Waals surface area contributed by atoms with Gasteiger partial charge in [-0.3, -0.25) is 4.98 Å². The largest absolute Gasteiger partial charge is 0.310 e. The molecule has 1 aromatic rings. The summed E-state index contributed by atoms with van der Waals surface area (Å²) in [6.07, 6.45) is 8.76. The number of aromatic nitrogens is 1. The summed E-state index contributed by atoms with van der Waals surface area (Å²) < 4.78 is 0. The smallest absolute Gasteiger partial charge is 0.0372 e. The van der Waals surface area contributed by atoms with Crippen molar-refractivity contribution in [1.29, 1.82) is 0 Å². The molecule has 1 atom stereocenters. The minimum Gasteiger partial charge on any atom is -0.310 e. The Balaban J connectivity index is 1.93. The maximum atomic E-state index is 4.41. The maximum Gasteiger partial charge on any atom is 0.0372 e. The van der Waals surface area contributed by atoms with Gasteiger partial charge in [0, 0.05) is 17.9 Å². The lowest BCUT2D eigenvalue weighted by Crippen LogP contribution is -2.22. The first kappa shape index (κ1) is 12.6. The molecular weight excluding hydrogens is 208 g/mol. The van der Waals surface area contributed by atoms with Crippen LogP contribution >= 0.6 is 0 Å². The molecule has 1 aromatic heterocycles. The van der Waals surface area contributed by atoms with Gasteiger partial charge in [0.1, 0.15) is 0 Å². The van der Waals surface area contributed by atoms with Gasteiger partial charge in [0.15, 0.2) is 0 Å². The zero-order valence-corrected chi connectivity index (χ0v) is 11.1. The molecule has 17 heavy (non-hydrogen) atoms. The molecule has 0 saturated heterocycles. The fraction of sp³-hybridized carbons (Fsp3) is 0.667. The van der Waals surface area contributed by atoms with Crippen molar-refractivity contribution in [1.82, 2.24) is 10.3 Å². The average molecular weight is 232 g/mol. The molecule has 1 saturated carbocycles. The molecule has 1 aliphatic rings. The Morgan fingerprint density at radius 3 is 2.82 bits per heavy atom. The first-order chi connectivity index (χ1) is 8.29. The van der Waals surface area contributed by atoms with E-state index < -0.39 is 0 Å². The maximum absolute atomic E-state index is 4.41. The Morgan fingerprint density at radius 2 is 2.24 bits per heavy atom. The van der Waals surface area contributed by atoms with Crippen molar-refractivity contribution in [3.63, 3.8) is 0 Å².